The molecule has 0 saturated carbocycles. The molecule has 0 aliphatic heterocycles. The maximum Gasteiger partial charge on any atom is 0.143 e. The Kier molecular flexibility index (Phi) is 4.25. The number of hydrogen-bond acceptors (Lipinski definition) is 1. The topological polar surface area (TPSA) is 13.1 Å². The molecular weight excluding hydrogens is 593 g/mol. The van der Waals surface area contributed by atoms with Gasteiger partial charge in [-0.25, -0.2) is 0 Å². The van der Waals surface area contributed by atoms with Crippen LogP contribution in [0.2, 0.25) is 0 Å². The van der Waals surface area contributed by atoms with Crippen molar-refractivity contribution in [2.24, 2.45) is 0 Å². The smallest absolute Gasteiger partial charge is 0.143 e. The first-order valence-corrected chi connectivity index (χ1v) is 15.9. The van der Waals surface area contributed by atoms with Gasteiger partial charge in [0.25, 0.3) is 0 Å². The summed E-state index contributed by atoms with van der Waals surface area (Å²) < 4.78 is 104. The largest absolute Gasteiger partial charge is 0.455 e. The molecule has 228 valence electrons. The molecule has 0 N–H and O–H groups in total. The van der Waals surface area contributed by atoms with Crippen molar-refractivity contribution in [2.45, 2.75) is 0 Å². The molecule has 9 aromatic carbocycles. The lowest BCUT2D eigenvalue weighted by Crippen LogP contribution is -1.91. The van der Waals surface area contributed by atoms with Crippen LogP contribution in [0.25, 0.3) is 98.8 Å². The van der Waals surface area contributed by atoms with Crippen molar-refractivity contribution in [3.8, 4) is 44.5 Å². The number of para-hydroxylation sites is 1. The predicted octanol–water partition coefficient (Wildman–Crippen LogP) is 13.7. The lowest BCUT2D eigenvalue weighted by atomic mass is 9.85. The van der Waals surface area contributed by atoms with Crippen LogP contribution in [-0.2, 0) is 0 Å². The fraction of sp³-hybridized carbons (Fsp3) is 0. The van der Waals surface area contributed by atoms with E-state index in [9.17, 15) is 4.11 Å². The summed E-state index contributed by atoms with van der Waals surface area (Å²) in [4.78, 5) is 0. The number of furan rings is 1. The molecule has 10 aromatic rings. The van der Waals surface area contributed by atoms with E-state index in [-0.39, 0.29) is 51.2 Å². The quantitative estimate of drug-likeness (QED) is 0.176. The molecule has 0 unspecified atom stereocenters. The van der Waals surface area contributed by atoms with Crippen molar-refractivity contribution in [1.29, 1.82) is 0 Å². The van der Waals surface area contributed by atoms with Crippen LogP contribution in [0.3, 0.4) is 0 Å². The van der Waals surface area contributed by atoms with Crippen molar-refractivity contribution < 1.29 is 19.5 Å². The molecular formula is C48H30O. The Labute approximate surface area is 299 Å². The highest BCUT2D eigenvalue weighted by Crippen LogP contribution is 2.45. The van der Waals surface area contributed by atoms with Gasteiger partial charge < -0.3 is 4.42 Å². The van der Waals surface area contributed by atoms with E-state index in [4.69, 9.17) is 15.4 Å². The van der Waals surface area contributed by atoms with Gasteiger partial charge in [-0.3, -0.25) is 0 Å². The predicted molar refractivity (Wildman–Crippen MR) is 208 cm³/mol. The highest BCUT2D eigenvalue weighted by molar-refractivity contribution is 6.22. The Morgan fingerprint density at radius 2 is 1.04 bits per heavy atom. The minimum atomic E-state index is -0.656. The van der Waals surface area contributed by atoms with Gasteiger partial charge in [0.1, 0.15) is 11.2 Å². The van der Waals surface area contributed by atoms with Crippen LogP contribution in [-0.4, -0.2) is 0 Å². The summed E-state index contributed by atoms with van der Waals surface area (Å²) in [5, 5.41) is 5.19. The molecule has 49 heavy (non-hydrogen) atoms. The molecule has 0 radical (unpaired) electrons. The first kappa shape index (κ1) is 18.8. The molecule has 0 amide bonds. The zero-order chi connectivity index (χ0) is 41.9. The molecule has 0 fully saturated rings. The molecule has 10 rings (SSSR count). The molecule has 1 heterocycles. The van der Waals surface area contributed by atoms with Gasteiger partial charge in [0.05, 0.1) is 15.1 Å². The van der Waals surface area contributed by atoms with Crippen LogP contribution < -0.4 is 0 Å². The van der Waals surface area contributed by atoms with Gasteiger partial charge in [0.2, 0.25) is 0 Å². The number of fused-ring (bicyclic) bond motifs is 6. The van der Waals surface area contributed by atoms with E-state index in [1.54, 1.807) is 0 Å². The molecule has 0 aliphatic carbocycles. The molecule has 1 heteroatoms. The summed E-state index contributed by atoms with van der Waals surface area (Å²) in [6, 6.07) is 32.6. The molecule has 0 saturated heterocycles. The van der Waals surface area contributed by atoms with Crippen molar-refractivity contribution in [2.75, 3.05) is 0 Å². The maximum absolute atomic E-state index is 9.72. The van der Waals surface area contributed by atoms with E-state index in [0.717, 1.165) is 54.6 Å². The van der Waals surface area contributed by atoms with Gasteiger partial charge in [-0.2, -0.15) is 0 Å². The Hall–Kier alpha value is -6.44. The zero-order valence-corrected chi connectivity index (χ0v) is 25.9. The third kappa shape index (κ3) is 4.47. The van der Waals surface area contributed by atoms with Gasteiger partial charge in [-0.1, -0.05) is 158 Å². The minimum Gasteiger partial charge on any atom is -0.455 e. The standard InChI is InChI=1S/C48H30O/c1-2-13-32(14-3-1)38-22-11-23-44-39-27-26-37(30-45(39)49-48(38)44)47-42-20-8-6-18-40(42)46(41-19-7-9-21-43(41)47)36-17-10-16-34(29-36)35-25-24-31-12-4-5-15-33(31)28-35/h1-30H/i1D,2D,3D,11D,13D,14D,22D,23D,26D,27D,30D. The second-order valence-corrected chi connectivity index (χ2v) is 12.0. The Morgan fingerprint density at radius 1 is 0.388 bits per heavy atom. The van der Waals surface area contributed by atoms with Crippen molar-refractivity contribution >= 4 is 54.3 Å². The third-order valence-electron chi connectivity index (χ3n) is 9.23. The fourth-order valence-corrected chi connectivity index (χ4v) is 7.02. The van der Waals surface area contributed by atoms with Gasteiger partial charge in [-0.05, 0) is 95.5 Å². The fourth-order valence-electron chi connectivity index (χ4n) is 7.02. The van der Waals surface area contributed by atoms with Crippen molar-refractivity contribution in [3.05, 3.63) is 182 Å². The summed E-state index contributed by atoms with van der Waals surface area (Å²) in [6.45, 7) is 0. The SMILES string of the molecule is [2H]c1c([2H])c([2H])c(-c2c([2H])c([2H])c([2H])c3c2oc2c([2H])c(-c4c5ccccc5c(-c5cccc(-c6ccc7ccccc7c6)c5)c5ccccc45)c([2H])c([2H])c23)c([2H])c1[2H]. The van der Waals surface area contributed by atoms with Crippen molar-refractivity contribution in [1.82, 2.24) is 0 Å². The monoisotopic (exact) mass is 633 g/mol. The lowest BCUT2D eigenvalue weighted by Gasteiger charge is -2.18. The van der Waals surface area contributed by atoms with Crippen LogP contribution in [0.4, 0.5) is 0 Å². The summed E-state index contributed by atoms with van der Waals surface area (Å²) >= 11 is 0. The van der Waals surface area contributed by atoms with Gasteiger partial charge >= 0.3 is 0 Å². The zero-order valence-electron chi connectivity index (χ0n) is 36.9. The first-order chi connectivity index (χ1) is 28.9. The van der Waals surface area contributed by atoms with Gasteiger partial charge in [-0.15, -0.1) is 0 Å². The van der Waals surface area contributed by atoms with E-state index >= 15 is 0 Å². The summed E-state index contributed by atoms with van der Waals surface area (Å²) in [7, 11) is 0. The Bertz CT molecular complexity index is 3430. The van der Waals surface area contributed by atoms with Crippen LogP contribution in [0.5, 0.6) is 0 Å². The first-order valence-electron chi connectivity index (χ1n) is 21.4. The summed E-state index contributed by atoms with van der Waals surface area (Å²) in [5.74, 6) is 0. The minimum absolute atomic E-state index is 0.100. The van der Waals surface area contributed by atoms with Gasteiger partial charge in [0.15, 0.2) is 0 Å². The molecule has 0 bridgehead atoms. The Balaban J connectivity index is 1.27. The second-order valence-electron chi connectivity index (χ2n) is 12.0. The van der Waals surface area contributed by atoms with Crippen LogP contribution in [0.15, 0.2) is 186 Å². The molecule has 1 nitrogen and oxygen atoms in total. The van der Waals surface area contributed by atoms with Crippen LogP contribution in [0.1, 0.15) is 15.1 Å². The summed E-state index contributed by atoms with van der Waals surface area (Å²) in [6.07, 6.45) is 0. The Morgan fingerprint density at radius 3 is 1.80 bits per heavy atom. The van der Waals surface area contributed by atoms with Crippen LogP contribution >= 0.6 is 0 Å². The maximum atomic E-state index is 9.72. The highest BCUT2D eigenvalue weighted by atomic mass is 16.3. The average molecular weight is 634 g/mol. The van der Waals surface area contributed by atoms with E-state index < -0.39 is 53.9 Å². The third-order valence-corrected chi connectivity index (χ3v) is 9.23. The normalized spacial score (nSPS) is 14.8. The molecule has 0 spiro atoms. The second kappa shape index (κ2) is 11.1. The van der Waals surface area contributed by atoms with E-state index in [0.29, 0.717) is 5.56 Å². The number of benzene rings is 9. The highest BCUT2D eigenvalue weighted by Gasteiger charge is 2.19. The molecule has 0 atom stereocenters. The number of hydrogen-bond donors (Lipinski definition) is 0. The van der Waals surface area contributed by atoms with E-state index in [2.05, 4.69) is 48.5 Å². The van der Waals surface area contributed by atoms with Gasteiger partial charge in [0, 0.05) is 16.3 Å². The number of rotatable bonds is 4. The van der Waals surface area contributed by atoms with E-state index in [1.165, 1.54) is 0 Å². The molecule has 0 aliphatic rings. The van der Waals surface area contributed by atoms with Crippen molar-refractivity contribution in [3.63, 3.8) is 0 Å². The van der Waals surface area contributed by atoms with Crippen LogP contribution in [0, 0.1) is 0 Å². The lowest BCUT2D eigenvalue weighted by molar-refractivity contribution is 0.670. The average Bonchev–Trinajstić information content (AvgIpc) is 3.68. The van der Waals surface area contributed by atoms with E-state index in [1.807, 2.05) is 66.7 Å². The molecule has 1 aromatic heterocycles. The summed E-state index contributed by atoms with van der Waals surface area (Å²) in [5.41, 5.74) is 3.47.